The molecule has 0 radical (unpaired) electrons. The lowest BCUT2D eigenvalue weighted by atomic mass is 10.1. The van der Waals surface area contributed by atoms with E-state index < -0.39 is 17.5 Å². The summed E-state index contributed by atoms with van der Waals surface area (Å²) in [5.74, 6) is -1.41. The van der Waals surface area contributed by atoms with Gasteiger partial charge in [0, 0.05) is 22.1 Å². The van der Waals surface area contributed by atoms with E-state index in [9.17, 15) is 13.6 Å². The first-order valence-corrected chi connectivity index (χ1v) is 6.86. The van der Waals surface area contributed by atoms with Gasteiger partial charge < -0.3 is 10.1 Å². The van der Waals surface area contributed by atoms with Crippen molar-refractivity contribution < 1.29 is 18.3 Å². The van der Waals surface area contributed by atoms with E-state index in [2.05, 4.69) is 21.2 Å². The number of hydrogen-bond donors (Lipinski definition) is 1. The summed E-state index contributed by atoms with van der Waals surface area (Å²) in [6, 6.07) is 8.25. The maximum atomic E-state index is 13.6. The molecule has 0 aliphatic heterocycles. The predicted octanol–water partition coefficient (Wildman–Crippen LogP) is 3.67. The van der Waals surface area contributed by atoms with Gasteiger partial charge in [-0.15, -0.1) is 0 Å². The minimum absolute atomic E-state index is 0.0173. The molecule has 2 aromatic carbocycles. The summed E-state index contributed by atoms with van der Waals surface area (Å²) in [5.41, 5.74) is 0.593. The van der Waals surface area contributed by atoms with Gasteiger partial charge >= 0.3 is 0 Å². The fourth-order valence-electron chi connectivity index (χ4n) is 1.76. The summed E-state index contributed by atoms with van der Waals surface area (Å²) >= 11 is 3.24. The van der Waals surface area contributed by atoms with Crippen molar-refractivity contribution >= 4 is 21.8 Å². The smallest absolute Gasteiger partial charge is 0.251 e. The van der Waals surface area contributed by atoms with E-state index in [0.29, 0.717) is 5.56 Å². The Labute approximate surface area is 129 Å². The van der Waals surface area contributed by atoms with Gasteiger partial charge in [0.2, 0.25) is 0 Å². The van der Waals surface area contributed by atoms with E-state index in [1.165, 1.54) is 25.3 Å². The summed E-state index contributed by atoms with van der Waals surface area (Å²) < 4.78 is 32.4. The molecule has 0 spiro atoms. The zero-order valence-electron chi connectivity index (χ0n) is 11.1. The van der Waals surface area contributed by atoms with Crippen LogP contribution >= 0.6 is 15.9 Å². The van der Waals surface area contributed by atoms with Crippen LogP contribution in [-0.2, 0) is 6.54 Å². The van der Waals surface area contributed by atoms with Crippen LogP contribution in [0.4, 0.5) is 8.78 Å². The second-order valence-corrected chi connectivity index (χ2v) is 5.18. The minimum atomic E-state index is -0.549. The third kappa shape index (κ3) is 3.78. The average Bonchev–Trinajstić information content (AvgIpc) is 2.48. The topological polar surface area (TPSA) is 38.3 Å². The van der Waals surface area contributed by atoms with Gasteiger partial charge in [-0.1, -0.05) is 15.9 Å². The van der Waals surface area contributed by atoms with Gasteiger partial charge in [-0.2, -0.15) is 0 Å². The molecule has 3 nitrogen and oxygen atoms in total. The molecule has 1 N–H and O–H groups in total. The molecule has 0 saturated heterocycles. The van der Waals surface area contributed by atoms with Gasteiger partial charge in [-0.05, 0) is 36.4 Å². The van der Waals surface area contributed by atoms with Crippen molar-refractivity contribution in [2.45, 2.75) is 6.54 Å². The molecule has 0 fully saturated rings. The number of amides is 1. The maximum Gasteiger partial charge on any atom is 0.251 e. The lowest BCUT2D eigenvalue weighted by molar-refractivity contribution is 0.0950. The van der Waals surface area contributed by atoms with Crippen LogP contribution in [0.2, 0.25) is 0 Å². The zero-order valence-corrected chi connectivity index (χ0v) is 12.7. The van der Waals surface area contributed by atoms with E-state index in [1.807, 2.05) is 0 Å². The van der Waals surface area contributed by atoms with Gasteiger partial charge in [-0.25, -0.2) is 8.78 Å². The highest BCUT2D eigenvalue weighted by molar-refractivity contribution is 9.10. The predicted molar refractivity (Wildman–Crippen MR) is 78.2 cm³/mol. The number of hydrogen-bond acceptors (Lipinski definition) is 2. The fourth-order valence-corrected chi connectivity index (χ4v) is 2.17. The molecule has 1 amide bonds. The van der Waals surface area contributed by atoms with Gasteiger partial charge in [0.25, 0.3) is 5.91 Å². The minimum Gasteiger partial charge on any atom is -0.494 e. The van der Waals surface area contributed by atoms with E-state index in [4.69, 9.17) is 4.74 Å². The molecule has 0 saturated carbocycles. The lowest BCUT2D eigenvalue weighted by Crippen LogP contribution is -2.23. The summed E-state index contributed by atoms with van der Waals surface area (Å²) in [6.07, 6.45) is 0. The van der Waals surface area contributed by atoms with Crippen molar-refractivity contribution in [3.05, 3.63) is 63.6 Å². The number of nitrogens with one attached hydrogen (secondary N) is 1. The van der Waals surface area contributed by atoms with Crippen molar-refractivity contribution in [1.82, 2.24) is 5.32 Å². The quantitative estimate of drug-likeness (QED) is 0.908. The summed E-state index contributed by atoms with van der Waals surface area (Å²) in [4.78, 5) is 12.0. The van der Waals surface area contributed by atoms with Gasteiger partial charge in [0.05, 0.1) is 7.11 Å². The molecule has 0 bridgehead atoms. The van der Waals surface area contributed by atoms with Crippen LogP contribution in [0, 0.1) is 11.6 Å². The Bertz CT molecular complexity index is 677. The largest absolute Gasteiger partial charge is 0.494 e. The van der Waals surface area contributed by atoms with Crippen molar-refractivity contribution in [2.75, 3.05) is 7.11 Å². The fraction of sp³-hybridized carbons (Fsp3) is 0.133. The maximum absolute atomic E-state index is 13.6. The molecule has 0 aliphatic carbocycles. The lowest BCUT2D eigenvalue weighted by Gasteiger charge is -2.08. The number of ether oxygens (including phenoxy) is 1. The third-order valence-corrected chi connectivity index (χ3v) is 3.35. The molecule has 0 aliphatic rings. The monoisotopic (exact) mass is 355 g/mol. The molecule has 0 aromatic heterocycles. The first-order valence-electron chi connectivity index (χ1n) is 6.07. The standard InChI is InChI=1S/C15H12BrF2NO2/c1-21-14-7-9(2-4-13(14)18)15(20)19-8-10-6-11(16)3-5-12(10)17/h2-7H,8H2,1H3,(H,19,20). The van der Waals surface area contributed by atoms with Crippen LogP contribution in [0.5, 0.6) is 5.75 Å². The zero-order chi connectivity index (χ0) is 15.4. The van der Waals surface area contributed by atoms with Crippen LogP contribution in [0.1, 0.15) is 15.9 Å². The second kappa shape index (κ2) is 6.67. The molecule has 0 unspecified atom stereocenters. The highest BCUT2D eigenvalue weighted by Gasteiger charge is 2.11. The highest BCUT2D eigenvalue weighted by atomic mass is 79.9. The highest BCUT2D eigenvalue weighted by Crippen LogP contribution is 2.19. The van der Waals surface area contributed by atoms with Crippen LogP contribution in [0.25, 0.3) is 0 Å². The summed E-state index contributed by atoms with van der Waals surface area (Å²) in [6.45, 7) is 0.0315. The Morgan fingerprint density at radius 3 is 2.62 bits per heavy atom. The van der Waals surface area contributed by atoms with Crippen molar-refractivity contribution in [3.8, 4) is 5.75 Å². The Morgan fingerprint density at radius 1 is 1.19 bits per heavy atom. The van der Waals surface area contributed by atoms with Crippen molar-refractivity contribution in [2.24, 2.45) is 0 Å². The Hall–Kier alpha value is -1.95. The average molecular weight is 356 g/mol. The van der Waals surface area contributed by atoms with Gasteiger partial charge in [-0.3, -0.25) is 4.79 Å². The SMILES string of the molecule is COc1cc(C(=O)NCc2cc(Br)ccc2F)ccc1F. The van der Waals surface area contributed by atoms with Crippen LogP contribution < -0.4 is 10.1 Å². The van der Waals surface area contributed by atoms with E-state index in [0.717, 1.165) is 10.5 Å². The molecular formula is C15H12BrF2NO2. The summed E-state index contributed by atoms with van der Waals surface area (Å²) in [5, 5.41) is 2.58. The van der Waals surface area contributed by atoms with Gasteiger partial charge in [0.15, 0.2) is 11.6 Å². The van der Waals surface area contributed by atoms with Crippen LogP contribution in [0.3, 0.4) is 0 Å². The molecule has 0 heterocycles. The second-order valence-electron chi connectivity index (χ2n) is 4.27. The van der Waals surface area contributed by atoms with E-state index >= 15 is 0 Å². The van der Waals surface area contributed by atoms with Crippen molar-refractivity contribution in [3.63, 3.8) is 0 Å². The molecule has 21 heavy (non-hydrogen) atoms. The van der Waals surface area contributed by atoms with E-state index in [1.54, 1.807) is 12.1 Å². The number of carbonyl (C=O) groups is 1. The first kappa shape index (κ1) is 15.4. The first-order chi connectivity index (χ1) is 10.0. The number of carbonyl (C=O) groups excluding carboxylic acids is 1. The van der Waals surface area contributed by atoms with Gasteiger partial charge in [0.1, 0.15) is 5.82 Å². The number of methoxy groups -OCH3 is 1. The van der Waals surface area contributed by atoms with Crippen LogP contribution in [-0.4, -0.2) is 13.0 Å². The molecule has 110 valence electrons. The summed E-state index contributed by atoms with van der Waals surface area (Å²) in [7, 11) is 1.32. The molecule has 6 heteroatoms. The van der Waals surface area contributed by atoms with Crippen molar-refractivity contribution in [1.29, 1.82) is 0 Å². The molecular weight excluding hydrogens is 344 g/mol. The number of benzene rings is 2. The number of rotatable bonds is 4. The Balaban J connectivity index is 2.10. The molecule has 2 rings (SSSR count). The Kier molecular flexibility index (Phi) is 4.90. The van der Waals surface area contributed by atoms with Crippen LogP contribution in [0.15, 0.2) is 40.9 Å². The van der Waals surface area contributed by atoms with E-state index in [-0.39, 0.29) is 17.9 Å². The molecule has 0 atom stereocenters. The third-order valence-electron chi connectivity index (χ3n) is 2.86. The Morgan fingerprint density at radius 2 is 1.90 bits per heavy atom. The normalized spacial score (nSPS) is 10.3. The number of halogens is 3. The molecule has 2 aromatic rings.